The molecule has 26 heavy (non-hydrogen) atoms. The molecule has 136 valence electrons. The third kappa shape index (κ3) is 4.51. The van der Waals surface area contributed by atoms with Gasteiger partial charge in [0.05, 0.1) is 11.0 Å². The Labute approximate surface area is 155 Å². The lowest BCUT2D eigenvalue weighted by atomic mass is 10.0. The van der Waals surface area contributed by atoms with E-state index in [9.17, 15) is 4.79 Å². The SMILES string of the molecule is CCCc1nc2ccc(CCC(=O)Nc3cccc(C(C)C)c3)cc2[nH]1. The maximum atomic E-state index is 12.3. The zero-order chi connectivity index (χ0) is 18.5. The molecular formula is C22H27N3O. The van der Waals surface area contributed by atoms with Crippen molar-refractivity contribution < 1.29 is 4.79 Å². The van der Waals surface area contributed by atoms with Gasteiger partial charge in [0.15, 0.2) is 0 Å². The summed E-state index contributed by atoms with van der Waals surface area (Å²) in [5.41, 5.74) is 5.29. The molecule has 0 saturated heterocycles. The number of anilines is 1. The van der Waals surface area contributed by atoms with E-state index in [0.717, 1.165) is 41.0 Å². The van der Waals surface area contributed by atoms with E-state index in [-0.39, 0.29) is 5.91 Å². The molecule has 0 unspecified atom stereocenters. The lowest BCUT2D eigenvalue weighted by Crippen LogP contribution is -2.12. The predicted octanol–water partition coefficient (Wildman–Crippen LogP) is 5.21. The third-order valence-corrected chi connectivity index (χ3v) is 4.56. The van der Waals surface area contributed by atoms with Crippen LogP contribution in [0.15, 0.2) is 42.5 Å². The van der Waals surface area contributed by atoms with Gasteiger partial charge in [-0.2, -0.15) is 0 Å². The molecule has 0 radical (unpaired) electrons. The number of rotatable bonds is 7. The van der Waals surface area contributed by atoms with Crippen LogP contribution in [-0.2, 0) is 17.6 Å². The maximum absolute atomic E-state index is 12.3. The lowest BCUT2D eigenvalue weighted by Gasteiger charge is -2.09. The number of H-pyrrole nitrogens is 1. The minimum Gasteiger partial charge on any atom is -0.342 e. The summed E-state index contributed by atoms with van der Waals surface area (Å²) >= 11 is 0. The average molecular weight is 349 g/mol. The highest BCUT2D eigenvalue weighted by atomic mass is 16.1. The van der Waals surface area contributed by atoms with Crippen LogP contribution in [0.3, 0.4) is 0 Å². The molecule has 0 atom stereocenters. The fourth-order valence-electron chi connectivity index (χ4n) is 3.08. The van der Waals surface area contributed by atoms with Crippen molar-refractivity contribution in [2.24, 2.45) is 0 Å². The Morgan fingerprint density at radius 2 is 2.00 bits per heavy atom. The van der Waals surface area contributed by atoms with Gasteiger partial charge < -0.3 is 10.3 Å². The molecule has 3 rings (SSSR count). The van der Waals surface area contributed by atoms with Crippen molar-refractivity contribution in [1.29, 1.82) is 0 Å². The van der Waals surface area contributed by atoms with E-state index < -0.39 is 0 Å². The van der Waals surface area contributed by atoms with Gasteiger partial charge in [0, 0.05) is 18.5 Å². The van der Waals surface area contributed by atoms with E-state index in [1.807, 2.05) is 18.2 Å². The number of benzene rings is 2. The van der Waals surface area contributed by atoms with Gasteiger partial charge in [0.25, 0.3) is 0 Å². The summed E-state index contributed by atoms with van der Waals surface area (Å²) in [6.45, 7) is 6.45. The second-order valence-electron chi connectivity index (χ2n) is 7.11. The van der Waals surface area contributed by atoms with Crippen molar-refractivity contribution >= 4 is 22.6 Å². The largest absolute Gasteiger partial charge is 0.342 e. The molecule has 4 heteroatoms. The molecule has 3 aromatic rings. The van der Waals surface area contributed by atoms with Crippen LogP contribution in [0.2, 0.25) is 0 Å². The maximum Gasteiger partial charge on any atom is 0.224 e. The number of hydrogen-bond acceptors (Lipinski definition) is 2. The minimum absolute atomic E-state index is 0.0438. The third-order valence-electron chi connectivity index (χ3n) is 4.56. The number of imidazole rings is 1. The van der Waals surface area contributed by atoms with Gasteiger partial charge >= 0.3 is 0 Å². The number of aromatic nitrogens is 2. The first kappa shape index (κ1) is 18.2. The number of carbonyl (C=O) groups is 1. The Hall–Kier alpha value is -2.62. The average Bonchev–Trinajstić information content (AvgIpc) is 3.02. The molecule has 0 aliphatic heterocycles. The number of aryl methyl sites for hydroxylation is 2. The van der Waals surface area contributed by atoms with Gasteiger partial charge in [-0.3, -0.25) is 4.79 Å². The summed E-state index contributed by atoms with van der Waals surface area (Å²) in [4.78, 5) is 20.2. The molecule has 0 aliphatic rings. The lowest BCUT2D eigenvalue weighted by molar-refractivity contribution is -0.116. The Balaban J connectivity index is 1.60. The van der Waals surface area contributed by atoms with Crippen LogP contribution >= 0.6 is 0 Å². The van der Waals surface area contributed by atoms with Crippen molar-refractivity contribution in [2.45, 2.75) is 52.4 Å². The molecule has 0 spiro atoms. The fourth-order valence-corrected chi connectivity index (χ4v) is 3.08. The number of aromatic amines is 1. The predicted molar refractivity (Wildman–Crippen MR) is 108 cm³/mol. The van der Waals surface area contributed by atoms with Crippen LogP contribution in [0.25, 0.3) is 11.0 Å². The molecule has 0 aliphatic carbocycles. The smallest absolute Gasteiger partial charge is 0.224 e. The summed E-state index contributed by atoms with van der Waals surface area (Å²) in [7, 11) is 0. The van der Waals surface area contributed by atoms with E-state index >= 15 is 0 Å². The highest BCUT2D eigenvalue weighted by molar-refractivity contribution is 5.91. The van der Waals surface area contributed by atoms with Crippen molar-refractivity contribution in [1.82, 2.24) is 9.97 Å². The van der Waals surface area contributed by atoms with Crippen molar-refractivity contribution in [3.63, 3.8) is 0 Å². The number of nitrogens with zero attached hydrogens (tertiary/aromatic N) is 1. The van der Waals surface area contributed by atoms with E-state index in [2.05, 4.69) is 60.3 Å². The minimum atomic E-state index is 0.0438. The summed E-state index contributed by atoms with van der Waals surface area (Å²) < 4.78 is 0. The van der Waals surface area contributed by atoms with Crippen molar-refractivity contribution in [3.05, 3.63) is 59.4 Å². The molecule has 2 aromatic carbocycles. The molecule has 0 fully saturated rings. The van der Waals surface area contributed by atoms with Gasteiger partial charge in [0.1, 0.15) is 5.82 Å². The van der Waals surface area contributed by atoms with E-state index in [1.165, 1.54) is 5.56 Å². The van der Waals surface area contributed by atoms with Gasteiger partial charge in [-0.1, -0.05) is 39.0 Å². The van der Waals surface area contributed by atoms with E-state index in [0.29, 0.717) is 18.8 Å². The Morgan fingerprint density at radius 3 is 2.77 bits per heavy atom. The van der Waals surface area contributed by atoms with Gasteiger partial charge in [-0.25, -0.2) is 4.98 Å². The first-order chi connectivity index (χ1) is 12.5. The Kier molecular flexibility index (Phi) is 5.71. The standard InChI is InChI=1S/C22H27N3O/c1-4-6-21-24-19-11-9-16(13-20(19)25-21)10-12-22(26)23-18-8-5-7-17(14-18)15(2)3/h5,7-9,11,13-15H,4,6,10,12H2,1-3H3,(H,23,26)(H,24,25). The number of hydrogen-bond donors (Lipinski definition) is 2. The fraction of sp³-hybridized carbons (Fsp3) is 0.364. The van der Waals surface area contributed by atoms with Crippen LogP contribution in [0, 0.1) is 0 Å². The summed E-state index contributed by atoms with van der Waals surface area (Å²) in [6, 6.07) is 14.3. The quantitative estimate of drug-likeness (QED) is 0.615. The van der Waals surface area contributed by atoms with Crippen LogP contribution in [-0.4, -0.2) is 15.9 Å². The molecule has 4 nitrogen and oxygen atoms in total. The number of carbonyl (C=O) groups excluding carboxylic acids is 1. The Morgan fingerprint density at radius 1 is 1.15 bits per heavy atom. The highest BCUT2D eigenvalue weighted by Gasteiger charge is 2.07. The molecule has 0 bridgehead atoms. The van der Waals surface area contributed by atoms with E-state index in [1.54, 1.807) is 0 Å². The number of nitrogens with one attached hydrogen (secondary N) is 2. The zero-order valence-corrected chi connectivity index (χ0v) is 15.8. The summed E-state index contributed by atoms with van der Waals surface area (Å²) in [5.74, 6) is 1.52. The van der Waals surface area contributed by atoms with Crippen LogP contribution in [0.5, 0.6) is 0 Å². The molecule has 2 N–H and O–H groups in total. The zero-order valence-electron chi connectivity index (χ0n) is 15.8. The summed E-state index contributed by atoms with van der Waals surface area (Å²) in [6.07, 6.45) is 3.22. The summed E-state index contributed by atoms with van der Waals surface area (Å²) in [5, 5.41) is 3.01. The van der Waals surface area contributed by atoms with Gasteiger partial charge in [-0.05, 0) is 54.2 Å². The molecule has 0 saturated carbocycles. The van der Waals surface area contributed by atoms with Crippen molar-refractivity contribution in [2.75, 3.05) is 5.32 Å². The van der Waals surface area contributed by atoms with Crippen molar-refractivity contribution in [3.8, 4) is 0 Å². The number of amides is 1. The molecule has 1 amide bonds. The second kappa shape index (κ2) is 8.17. The highest BCUT2D eigenvalue weighted by Crippen LogP contribution is 2.19. The Bertz CT molecular complexity index is 895. The second-order valence-corrected chi connectivity index (χ2v) is 7.11. The topological polar surface area (TPSA) is 57.8 Å². The van der Waals surface area contributed by atoms with Crippen LogP contribution < -0.4 is 5.32 Å². The van der Waals surface area contributed by atoms with Gasteiger partial charge in [0.2, 0.25) is 5.91 Å². The number of fused-ring (bicyclic) bond motifs is 1. The van der Waals surface area contributed by atoms with Crippen LogP contribution in [0.4, 0.5) is 5.69 Å². The molecule has 1 aromatic heterocycles. The van der Waals surface area contributed by atoms with E-state index in [4.69, 9.17) is 0 Å². The molecular weight excluding hydrogens is 322 g/mol. The molecule has 1 heterocycles. The van der Waals surface area contributed by atoms with Crippen LogP contribution in [0.1, 0.15) is 56.5 Å². The monoisotopic (exact) mass is 349 g/mol. The first-order valence-corrected chi connectivity index (χ1v) is 9.42. The normalized spacial score (nSPS) is 11.2. The first-order valence-electron chi connectivity index (χ1n) is 9.42. The van der Waals surface area contributed by atoms with Gasteiger partial charge in [-0.15, -0.1) is 0 Å².